The molecule has 1 rings (SSSR count). The van der Waals surface area contributed by atoms with E-state index < -0.39 is 22.8 Å². The lowest BCUT2D eigenvalue weighted by atomic mass is 9.71. The van der Waals surface area contributed by atoms with Crippen LogP contribution in [0.2, 0.25) is 0 Å². The minimum absolute atomic E-state index is 0.0511. The SMILES string of the molecule is CCCCC1CCCCC1(NS(=O)O)C(=O)O. The fourth-order valence-electron chi connectivity index (χ4n) is 2.70. The fraction of sp³-hybridized carbons (Fsp3) is 0.909. The molecule has 6 heteroatoms. The number of carbonyl (C=O) groups is 1. The summed E-state index contributed by atoms with van der Waals surface area (Å²) in [5.41, 5.74) is -1.22. The third-order valence-electron chi connectivity index (χ3n) is 3.63. The van der Waals surface area contributed by atoms with Gasteiger partial charge in [0.15, 0.2) is 0 Å². The first kappa shape index (κ1) is 14.6. The van der Waals surface area contributed by atoms with Crippen LogP contribution in [0, 0.1) is 5.92 Å². The van der Waals surface area contributed by atoms with Crippen LogP contribution in [-0.4, -0.2) is 25.4 Å². The highest BCUT2D eigenvalue weighted by Gasteiger charge is 2.47. The molecule has 5 nitrogen and oxygen atoms in total. The van der Waals surface area contributed by atoms with Crippen LogP contribution >= 0.6 is 0 Å². The van der Waals surface area contributed by atoms with E-state index in [1.807, 2.05) is 0 Å². The molecule has 3 atom stereocenters. The molecule has 17 heavy (non-hydrogen) atoms. The molecule has 1 fully saturated rings. The van der Waals surface area contributed by atoms with Gasteiger partial charge in [-0.25, -0.2) is 4.21 Å². The maximum absolute atomic E-state index is 11.5. The Morgan fingerprint density at radius 1 is 1.53 bits per heavy atom. The standard InChI is InChI=1S/C11H21NO4S/c1-2-3-6-9-7-4-5-8-11(9,10(13)14)12-17(15)16/h9,12H,2-8H2,1H3,(H,13,14)(H,15,16). The summed E-state index contributed by atoms with van der Waals surface area (Å²) < 4.78 is 22.3. The zero-order valence-corrected chi connectivity index (χ0v) is 11.0. The maximum Gasteiger partial charge on any atom is 0.325 e. The molecule has 0 aliphatic heterocycles. The summed E-state index contributed by atoms with van der Waals surface area (Å²) in [6.45, 7) is 2.06. The molecule has 0 saturated heterocycles. The number of carboxylic acid groups (broad SMARTS) is 1. The third-order valence-corrected chi connectivity index (χ3v) is 4.17. The predicted molar refractivity (Wildman–Crippen MR) is 65.8 cm³/mol. The second kappa shape index (κ2) is 6.47. The average Bonchev–Trinajstić information content (AvgIpc) is 2.26. The van der Waals surface area contributed by atoms with Crippen molar-refractivity contribution in [1.82, 2.24) is 4.72 Å². The molecular formula is C11H21NO4S. The van der Waals surface area contributed by atoms with Crippen molar-refractivity contribution < 1.29 is 18.7 Å². The van der Waals surface area contributed by atoms with Crippen molar-refractivity contribution >= 4 is 17.2 Å². The Hall–Kier alpha value is -0.460. The van der Waals surface area contributed by atoms with E-state index in [9.17, 15) is 14.1 Å². The van der Waals surface area contributed by atoms with Gasteiger partial charge in [0, 0.05) is 0 Å². The Morgan fingerprint density at radius 3 is 2.76 bits per heavy atom. The second-order valence-electron chi connectivity index (χ2n) is 4.71. The number of carboxylic acids is 1. The van der Waals surface area contributed by atoms with Gasteiger partial charge in [0.2, 0.25) is 11.3 Å². The monoisotopic (exact) mass is 263 g/mol. The first-order chi connectivity index (χ1) is 8.03. The number of aliphatic carboxylic acids is 1. The Bertz CT molecular complexity index is 297. The summed E-state index contributed by atoms with van der Waals surface area (Å²) in [6.07, 6.45) is 5.81. The van der Waals surface area contributed by atoms with Gasteiger partial charge in [-0.05, 0) is 25.2 Å². The molecule has 3 N–H and O–H groups in total. The highest BCUT2D eigenvalue weighted by molar-refractivity contribution is 7.77. The largest absolute Gasteiger partial charge is 0.480 e. The predicted octanol–water partition coefficient (Wildman–Crippen LogP) is 1.92. The zero-order valence-electron chi connectivity index (χ0n) is 10.1. The van der Waals surface area contributed by atoms with Crippen LogP contribution in [0.5, 0.6) is 0 Å². The summed E-state index contributed by atoms with van der Waals surface area (Å²) >= 11 is -2.28. The molecule has 1 saturated carbocycles. The van der Waals surface area contributed by atoms with E-state index in [2.05, 4.69) is 11.6 Å². The molecule has 0 aromatic carbocycles. The highest BCUT2D eigenvalue weighted by Crippen LogP contribution is 2.37. The van der Waals surface area contributed by atoms with Gasteiger partial charge in [0.1, 0.15) is 5.54 Å². The quantitative estimate of drug-likeness (QED) is 0.639. The maximum atomic E-state index is 11.5. The van der Waals surface area contributed by atoms with Gasteiger partial charge in [0.25, 0.3) is 0 Å². The van der Waals surface area contributed by atoms with Crippen molar-refractivity contribution in [2.45, 2.75) is 57.4 Å². The second-order valence-corrected chi connectivity index (χ2v) is 5.42. The number of unbranched alkanes of at least 4 members (excludes halogenated alkanes) is 1. The summed E-state index contributed by atoms with van der Waals surface area (Å²) in [5, 5.41) is 9.40. The van der Waals surface area contributed by atoms with Crippen LogP contribution in [-0.2, 0) is 16.1 Å². The van der Waals surface area contributed by atoms with Crippen LogP contribution in [0.3, 0.4) is 0 Å². The average molecular weight is 263 g/mol. The molecule has 0 radical (unpaired) electrons. The van der Waals surface area contributed by atoms with E-state index in [4.69, 9.17) is 4.55 Å². The van der Waals surface area contributed by atoms with Crippen molar-refractivity contribution in [3.05, 3.63) is 0 Å². The molecule has 0 heterocycles. The van der Waals surface area contributed by atoms with Crippen molar-refractivity contribution in [3.8, 4) is 0 Å². The number of nitrogens with one attached hydrogen (secondary N) is 1. The van der Waals surface area contributed by atoms with E-state index >= 15 is 0 Å². The molecule has 100 valence electrons. The van der Waals surface area contributed by atoms with Crippen molar-refractivity contribution in [1.29, 1.82) is 0 Å². The van der Waals surface area contributed by atoms with Gasteiger partial charge in [0.05, 0.1) is 0 Å². The van der Waals surface area contributed by atoms with Gasteiger partial charge < -0.3 is 5.11 Å². The number of hydrogen-bond donors (Lipinski definition) is 3. The molecule has 0 aromatic heterocycles. The first-order valence-corrected chi connectivity index (χ1v) is 7.25. The van der Waals surface area contributed by atoms with Crippen molar-refractivity contribution in [2.75, 3.05) is 0 Å². The van der Waals surface area contributed by atoms with Crippen molar-refractivity contribution in [3.63, 3.8) is 0 Å². The van der Waals surface area contributed by atoms with E-state index in [0.717, 1.165) is 38.5 Å². The topological polar surface area (TPSA) is 86.6 Å². The molecule has 0 spiro atoms. The molecular weight excluding hydrogens is 242 g/mol. The van der Waals surface area contributed by atoms with Gasteiger partial charge in [-0.1, -0.05) is 32.6 Å². The number of hydrogen-bond acceptors (Lipinski definition) is 2. The summed E-state index contributed by atoms with van der Waals surface area (Å²) in [5.74, 6) is -1.05. The minimum atomic E-state index is -2.28. The smallest absolute Gasteiger partial charge is 0.325 e. The molecule has 1 aliphatic carbocycles. The highest BCUT2D eigenvalue weighted by atomic mass is 32.2. The normalized spacial score (nSPS) is 31.1. The molecule has 0 amide bonds. The Balaban J connectivity index is 2.87. The van der Waals surface area contributed by atoms with Gasteiger partial charge >= 0.3 is 5.97 Å². The zero-order chi connectivity index (χ0) is 12.9. The molecule has 0 bridgehead atoms. The van der Waals surface area contributed by atoms with Gasteiger partial charge in [-0.15, -0.1) is 0 Å². The van der Waals surface area contributed by atoms with Crippen LogP contribution in [0.1, 0.15) is 51.9 Å². The van der Waals surface area contributed by atoms with Gasteiger partial charge in [-0.2, -0.15) is 4.72 Å². The summed E-state index contributed by atoms with van der Waals surface area (Å²) in [4.78, 5) is 11.5. The Kier molecular flexibility index (Phi) is 5.55. The molecule has 0 aromatic rings. The lowest BCUT2D eigenvalue weighted by Crippen LogP contribution is -2.59. The Morgan fingerprint density at radius 2 is 2.24 bits per heavy atom. The van der Waals surface area contributed by atoms with Crippen LogP contribution in [0.15, 0.2) is 0 Å². The summed E-state index contributed by atoms with van der Waals surface area (Å²) in [6, 6.07) is 0. The number of rotatable bonds is 6. The van der Waals surface area contributed by atoms with E-state index in [0.29, 0.717) is 6.42 Å². The van der Waals surface area contributed by atoms with Crippen LogP contribution in [0.4, 0.5) is 0 Å². The van der Waals surface area contributed by atoms with E-state index in [1.165, 1.54) is 0 Å². The van der Waals surface area contributed by atoms with Gasteiger partial charge in [-0.3, -0.25) is 9.35 Å². The molecule has 1 aliphatic rings. The first-order valence-electron chi connectivity index (χ1n) is 6.15. The lowest BCUT2D eigenvalue weighted by molar-refractivity contribution is -0.148. The van der Waals surface area contributed by atoms with Crippen molar-refractivity contribution in [2.24, 2.45) is 5.92 Å². The van der Waals surface area contributed by atoms with Crippen LogP contribution < -0.4 is 4.72 Å². The fourth-order valence-corrected chi connectivity index (χ4v) is 3.37. The van der Waals surface area contributed by atoms with E-state index in [-0.39, 0.29) is 5.92 Å². The summed E-state index contributed by atoms with van der Waals surface area (Å²) in [7, 11) is 0. The molecule has 3 unspecified atom stereocenters. The third kappa shape index (κ3) is 3.50. The minimum Gasteiger partial charge on any atom is -0.480 e. The lowest BCUT2D eigenvalue weighted by Gasteiger charge is -2.40. The van der Waals surface area contributed by atoms with Crippen LogP contribution in [0.25, 0.3) is 0 Å². The Labute approximate surface area is 104 Å². The van der Waals surface area contributed by atoms with E-state index in [1.54, 1.807) is 0 Å².